The van der Waals surface area contributed by atoms with Crippen molar-refractivity contribution in [3.05, 3.63) is 29.3 Å². The molecule has 0 aliphatic carbocycles. The molecule has 0 spiro atoms. The Morgan fingerprint density at radius 1 is 1.42 bits per heavy atom. The molecule has 0 saturated heterocycles. The smallest absolute Gasteiger partial charge is 0.387 e. The fourth-order valence-corrected chi connectivity index (χ4v) is 1.57. The van der Waals surface area contributed by atoms with E-state index in [0.717, 1.165) is 18.2 Å². The summed E-state index contributed by atoms with van der Waals surface area (Å²) < 4.78 is 37.8. The van der Waals surface area contributed by atoms with Crippen LogP contribution in [0.25, 0.3) is 0 Å². The van der Waals surface area contributed by atoms with Crippen molar-refractivity contribution in [2.45, 2.75) is 32.2 Å². The molecule has 0 aromatic heterocycles. The Hall–Kier alpha value is -1.60. The molecule has 0 radical (unpaired) electrons. The zero-order valence-electron chi connectivity index (χ0n) is 10.5. The molecule has 0 heterocycles. The summed E-state index contributed by atoms with van der Waals surface area (Å²) in [5, 5.41) is 12.1. The molecule has 1 amide bonds. The summed E-state index contributed by atoms with van der Waals surface area (Å²) in [6.45, 7) is 2.68. The summed E-state index contributed by atoms with van der Waals surface area (Å²) in [7, 11) is 0. The highest BCUT2D eigenvalue weighted by atomic mass is 19.4. The van der Waals surface area contributed by atoms with Crippen LogP contribution in [0.15, 0.2) is 18.2 Å². The second kappa shape index (κ2) is 5.58. The van der Waals surface area contributed by atoms with Gasteiger partial charge in [0.1, 0.15) is 0 Å². The summed E-state index contributed by atoms with van der Waals surface area (Å²) >= 11 is 0. The molecule has 7 heteroatoms. The Morgan fingerprint density at radius 2 is 2.00 bits per heavy atom. The first-order chi connectivity index (χ1) is 8.62. The molecule has 2 unspecified atom stereocenters. The minimum absolute atomic E-state index is 0.0906. The molecule has 19 heavy (non-hydrogen) atoms. The number of aliphatic hydroxyl groups excluding tert-OH is 1. The standard InChI is InChI=1S/C12H15F3N2O2/c1-6(16)11(19)9-4-3-8(12(13,14)15)5-10(9)17-7(2)18/h3-6,11,19H,16H2,1-2H3,(H,17,18). The normalized spacial score (nSPS) is 14.9. The third-order valence-electron chi connectivity index (χ3n) is 2.51. The average Bonchev–Trinajstić information content (AvgIpc) is 2.25. The van der Waals surface area contributed by atoms with Gasteiger partial charge in [0.25, 0.3) is 0 Å². The van der Waals surface area contributed by atoms with Crippen LogP contribution in [0.4, 0.5) is 18.9 Å². The number of hydrogen-bond acceptors (Lipinski definition) is 3. The van der Waals surface area contributed by atoms with Gasteiger partial charge in [-0.1, -0.05) is 6.07 Å². The molecule has 2 atom stereocenters. The van der Waals surface area contributed by atoms with Crippen molar-refractivity contribution < 1.29 is 23.1 Å². The van der Waals surface area contributed by atoms with Crippen molar-refractivity contribution in [1.82, 2.24) is 0 Å². The number of anilines is 1. The maximum absolute atomic E-state index is 12.6. The van der Waals surface area contributed by atoms with Crippen molar-refractivity contribution in [2.75, 3.05) is 5.32 Å². The third kappa shape index (κ3) is 3.93. The van der Waals surface area contributed by atoms with Crippen LogP contribution in [0.1, 0.15) is 31.1 Å². The number of alkyl halides is 3. The van der Waals surface area contributed by atoms with Crippen LogP contribution in [-0.2, 0) is 11.0 Å². The van der Waals surface area contributed by atoms with E-state index in [9.17, 15) is 23.1 Å². The minimum Gasteiger partial charge on any atom is -0.387 e. The Balaban J connectivity index is 3.28. The van der Waals surface area contributed by atoms with Crippen molar-refractivity contribution >= 4 is 11.6 Å². The van der Waals surface area contributed by atoms with Crippen molar-refractivity contribution in [3.63, 3.8) is 0 Å². The van der Waals surface area contributed by atoms with E-state index in [2.05, 4.69) is 5.32 Å². The van der Waals surface area contributed by atoms with Crippen molar-refractivity contribution in [3.8, 4) is 0 Å². The van der Waals surface area contributed by atoms with Crippen LogP contribution in [-0.4, -0.2) is 17.1 Å². The topological polar surface area (TPSA) is 75.3 Å². The van der Waals surface area contributed by atoms with Gasteiger partial charge in [-0.3, -0.25) is 4.79 Å². The Kier molecular flexibility index (Phi) is 4.54. The van der Waals surface area contributed by atoms with Gasteiger partial charge < -0.3 is 16.2 Å². The van der Waals surface area contributed by atoms with E-state index in [1.54, 1.807) is 0 Å². The van der Waals surface area contributed by atoms with Crippen LogP contribution in [0, 0.1) is 0 Å². The number of hydrogen-bond donors (Lipinski definition) is 3. The van der Waals surface area contributed by atoms with Crippen LogP contribution in [0.5, 0.6) is 0 Å². The molecular formula is C12H15F3N2O2. The molecule has 0 aliphatic heterocycles. The highest BCUT2D eigenvalue weighted by Crippen LogP contribution is 2.34. The molecule has 4 nitrogen and oxygen atoms in total. The summed E-state index contributed by atoms with van der Waals surface area (Å²) in [4.78, 5) is 11.0. The molecule has 106 valence electrons. The highest BCUT2D eigenvalue weighted by molar-refractivity contribution is 5.89. The second-order valence-corrected chi connectivity index (χ2v) is 4.28. The molecule has 4 N–H and O–H groups in total. The van der Waals surface area contributed by atoms with E-state index >= 15 is 0 Å². The molecule has 1 rings (SSSR count). The SMILES string of the molecule is CC(=O)Nc1cc(C(F)(F)F)ccc1C(O)C(C)N. The van der Waals surface area contributed by atoms with Crippen LogP contribution in [0.3, 0.4) is 0 Å². The number of aliphatic hydroxyl groups is 1. The zero-order valence-corrected chi connectivity index (χ0v) is 10.5. The number of rotatable bonds is 3. The quantitative estimate of drug-likeness (QED) is 0.790. The van der Waals surface area contributed by atoms with Crippen LogP contribution < -0.4 is 11.1 Å². The number of amides is 1. The van der Waals surface area contributed by atoms with Gasteiger partial charge in [-0.15, -0.1) is 0 Å². The highest BCUT2D eigenvalue weighted by Gasteiger charge is 2.31. The van der Waals surface area contributed by atoms with E-state index in [4.69, 9.17) is 5.73 Å². The Bertz CT molecular complexity index is 473. The molecule has 0 bridgehead atoms. The van der Waals surface area contributed by atoms with E-state index in [0.29, 0.717) is 0 Å². The first-order valence-electron chi connectivity index (χ1n) is 5.55. The van der Waals surface area contributed by atoms with E-state index < -0.39 is 29.8 Å². The summed E-state index contributed by atoms with van der Waals surface area (Å²) in [6.07, 6.45) is -5.69. The molecule has 1 aromatic carbocycles. The molecule has 0 aliphatic rings. The predicted molar refractivity (Wildman–Crippen MR) is 64.4 cm³/mol. The lowest BCUT2D eigenvalue weighted by atomic mass is 9.99. The van der Waals surface area contributed by atoms with Gasteiger partial charge in [-0.05, 0) is 19.1 Å². The molecule has 1 aromatic rings. The maximum atomic E-state index is 12.6. The van der Waals surface area contributed by atoms with Gasteiger partial charge in [-0.25, -0.2) is 0 Å². The predicted octanol–water partition coefficient (Wildman–Crippen LogP) is 2.04. The molecule has 0 saturated carbocycles. The third-order valence-corrected chi connectivity index (χ3v) is 2.51. The Morgan fingerprint density at radius 3 is 2.42 bits per heavy atom. The first-order valence-corrected chi connectivity index (χ1v) is 5.55. The summed E-state index contributed by atoms with van der Waals surface area (Å²) in [6, 6.07) is 2.06. The number of nitrogens with two attached hydrogens (primary N) is 1. The van der Waals surface area contributed by atoms with Gasteiger partial charge in [-0.2, -0.15) is 13.2 Å². The van der Waals surface area contributed by atoms with E-state index in [1.165, 1.54) is 13.8 Å². The van der Waals surface area contributed by atoms with Gasteiger partial charge >= 0.3 is 6.18 Å². The van der Waals surface area contributed by atoms with Gasteiger partial charge in [0.05, 0.1) is 11.7 Å². The van der Waals surface area contributed by atoms with Gasteiger partial charge in [0.2, 0.25) is 5.91 Å². The maximum Gasteiger partial charge on any atom is 0.416 e. The monoisotopic (exact) mass is 276 g/mol. The number of carbonyl (C=O) groups excluding carboxylic acids is 1. The zero-order chi connectivity index (χ0) is 14.8. The lowest BCUT2D eigenvalue weighted by Crippen LogP contribution is -2.26. The van der Waals surface area contributed by atoms with E-state index in [-0.39, 0.29) is 11.3 Å². The average molecular weight is 276 g/mol. The van der Waals surface area contributed by atoms with Gasteiger partial charge in [0, 0.05) is 24.2 Å². The fraction of sp³-hybridized carbons (Fsp3) is 0.417. The van der Waals surface area contributed by atoms with Crippen molar-refractivity contribution in [2.24, 2.45) is 5.73 Å². The fourth-order valence-electron chi connectivity index (χ4n) is 1.57. The second-order valence-electron chi connectivity index (χ2n) is 4.28. The Labute approximate surface area is 108 Å². The van der Waals surface area contributed by atoms with Crippen molar-refractivity contribution in [1.29, 1.82) is 0 Å². The minimum atomic E-state index is -4.52. The number of carbonyl (C=O) groups is 1. The van der Waals surface area contributed by atoms with E-state index in [1.807, 2.05) is 0 Å². The number of nitrogens with one attached hydrogen (secondary N) is 1. The number of benzene rings is 1. The summed E-state index contributed by atoms with van der Waals surface area (Å²) in [5.74, 6) is -0.530. The van der Waals surface area contributed by atoms with Crippen LogP contribution >= 0.6 is 0 Å². The molecular weight excluding hydrogens is 261 g/mol. The first kappa shape index (κ1) is 15.5. The molecule has 0 fully saturated rings. The summed E-state index contributed by atoms with van der Waals surface area (Å²) in [5.41, 5.74) is 4.66. The lowest BCUT2D eigenvalue weighted by molar-refractivity contribution is -0.137. The lowest BCUT2D eigenvalue weighted by Gasteiger charge is -2.20. The van der Waals surface area contributed by atoms with Crippen LogP contribution in [0.2, 0.25) is 0 Å². The van der Waals surface area contributed by atoms with Gasteiger partial charge in [0.15, 0.2) is 0 Å². The number of halogens is 3. The largest absolute Gasteiger partial charge is 0.416 e.